The molecule has 1 N–H and O–H groups in total. The van der Waals surface area contributed by atoms with E-state index in [1.165, 1.54) is 0 Å². The third-order valence-electron chi connectivity index (χ3n) is 2.08. The number of allylic oxidation sites excluding steroid dienone is 2. The molecular formula is C11H20O2. The molecule has 0 amide bonds. The topological polar surface area (TPSA) is 37.3 Å². The van der Waals surface area contributed by atoms with Crippen molar-refractivity contribution < 1.29 is 9.90 Å². The zero-order chi connectivity index (χ0) is 10.1. The van der Waals surface area contributed by atoms with Gasteiger partial charge in [-0.25, -0.2) is 0 Å². The number of rotatable bonds is 7. The molecule has 0 aromatic rings. The Hall–Kier alpha value is -0.790. The van der Waals surface area contributed by atoms with Crippen LogP contribution in [0.1, 0.15) is 46.0 Å². The molecule has 0 spiro atoms. The number of aliphatic carboxylic acids is 1. The average molecular weight is 184 g/mol. The SMILES string of the molecule is CC/C=C\CC(CCCC)C(=O)O. The zero-order valence-corrected chi connectivity index (χ0v) is 8.62. The molecule has 0 heterocycles. The summed E-state index contributed by atoms with van der Waals surface area (Å²) >= 11 is 0. The fraction of sp³-hybridized carbons (Fsp3) is 0.727. The van der Waals surface area contributed by atoms with Crippen molar-refractivity contribution >= 4 is 5.97 Å². The normalized spacial score (nSPS) is 13.4. The number of unbranched alkanes of at least 4 members (excludes halogenated alkanes) is 1. The first kappa shape index (κ1) is 12.2. The molecule has 0 aliphatic carbocycles. The summed E-state index contributed by atoms with van der Waals surface area (Å²) in [6.07, 6.45) is 8.57. The number of hydrogen-bond acceptors (Lipinski definition) is 1. The standard InChI is InChI=1S/C11H20O2/c1-3-5-7-9-10(11(12)13)8-6-4-2/h5,7,10H,3-4,6,8-9H2,1-2H3,(H,12,13)/b7-5-. The van der Waals surface area contributed by atoms with Gasteiger partial charge in [-0.2, -0.15) is 0 Å². The van der Waals surface area contributed by atoms with Crippen LogP contribution in [0.25, 0.3) is 0 Å². The van der Waals surface area contributed by atoms with Gasteiger partial charge in [0.15, 0.2) is 0 Å². The van der Waals surface area contributed by atoms with Crippen molar-refractivity contribution in [2.75, 3.05) is 0 Å². The quantitative estimate of drug-likeness (QED) is 0.617. The summed E-state index contributed by atoms with van der Waals surface area (Å²) in [5, 5.41) is 8.87. The Kier molecular flexibility index (Phi) is 7.36. The Morgan fingerprint density at radius 3 is 2.54 bits per heavy atom. The van der Waals surface area contributed by atoms with Gasteiger partial charge in [-0.05, 0) is 19.3 Å². The van der Waals surface area contributed by atoms with E-state index in [1.54, 1.807) is 0 Å². The lowest BCUT2D eigenvalue weighted by atomic mass is 9.98. The smallest absolute Gasteiger partial charge is 0.306 e. The van der Waals surface area contributed by atoms with Crippen molar-refractivity contribution in [3.63, 3.8) is 0 Å². The van der Waals surface area contributed by atoms with E-state index in [9.17, 15) is 4.79 Å². The maximum absolute atomic E-state index is 10.8. The Labute approximate surface area is 80.7 Å². The van der Waals surface area contributed by atoms with Gasteiger partial charge in [0.2, 0.25) is 0 Å². The number of carboxylic acids is 1. The number of hydrogen-bond donors (Lipinski definition) is 1. The second-order valence-electron chi connectivity index (χ2n) is 3.29. The van der Waals surface area contributed by atoms with Crippen LogP contribution in [0.15, 0.2) is 12.2 Å². The van der Waals surface area contributed by atoms with E-state index in [0.29, 0.717) is 6.42 Å². The lowest BCUT2D eigenvalue weighted by Crippen LogP contribution is -2.12. The molecule has 76 valence electrons. The predicted molar refractivity (Wildman–Crippen MR) is 54.7 cm³/mol. The van der Waals surface area contributed by atoms with Gasteiger partial charge in [0, 0.05) is 0 Å². The number of carboxylic acid groups (broad SMARTS) is 1. The first-order valence-corrected chi connectivity index (χ1v) is 5.10. The monoisotopic (exact) mass is 184 g/mol. The van der Waals surface area contributed by atoms with Gasteiger partial charge in [0.25, 0.3) is 0 Å². The Morgan fingerprint density at radius 1 is 1.38 bits per heavy atom. The van der Waals surface area contributed by atoms with Crippen LogP contribution in [0.4, 0.5) is 0 Å². The molecule has 0 aliphatic rings. The van der Waals surface area contributed by atoms with Crippen molar-refractivity contribution in [1.82, 2.24) is 0 Å². The van der Waals surface area contributed by atoms with Crippen LogP contribution in [0, 0.1) is 5.92 Å². The molecule has 0 aromatic heterocycles. The molecule has 0 saturated carbocycles. The van der Waals surface area contributed by atoms with Crippen LogP contribution in [0.3, 0.4) is 0 Å². The highest BCUT2D eigenvalue weighted by molar-refractivity contribution is 5.70. The van der Waals surface area contributed by atoms with Crippen molar-refractivity contribution in [2.24, 2.45) is 5.92 Å². The fourth-order valence-electron chi connectivity index (χ4n) is 1.22. The average Bonchev–Trinajstić information content (AvgIpc) is 2.10. The van der Waals surface area contributed by atoms with E-state index in [-0.39, 0.29) is 5.92 Å². The van der Waals surface area contributed by atoms with Crippen LogP contribution in [-0.4, -0.2) is 11.1 Å². The molecule has 0 saturated heterocycles. The van der Waals surface area contributed by atoms with Crippen LogP contribution < -0.4 is 0 Å². The van der Waals surface area contributed by atoms with Crippen LogP contribution in [-0.2, 0) is 4.79 Å². The second-order valence-corrected chi connectivity index (χ2v) is 3.29. The van der Waals surface area contributed by atoms with E-state index in [2.05, 4.69) is 13.8 Å². The summed E-state index contributed by atoms with van der Waals surface area (Å²) in [6.45, 7) is 4.14. The van der Waals surface area contributed by atoms with Crippen LogP contribution in [0.5, 0.6) is 0 Å². The lowest BCUT2D eigenvalue weighted by molar-refractivity contribution is -0.141. The first-order valence-electron chi connectivity index (χ1n) is 5.10. The molecule has 2 nitrogen and oxygen atoms in total. The van der Waals surface area contributed by atoms with Crippen molar-refractivity contribution in [3.05, 3.63) is 12.2 Å². The van der Waals surface area contributed by atoms with Gasteiger partial charge in [-0.15, -0.1) is 0 Å². The van der Waals surface area contributed by atoms with Crippen molar-refractivity contribution in [3.8, 4) is 0 Å². The highest BCUT2D eigenvalue weighted by atomic mass is 16.4. The molecular weight excluding hydrogens is 164 g/mol. The summed E-state index contributed by atoms with van der Waals surface area (Å²) in [4.78, 5) is 10.8. The van der Waals surface area contributed by atoms with Gasteiger partial charge in [0.1, 0.15) is 0 Å². The summed E-state index contributed by atoms with van der Waals surface area (Å²) in [5.74, 6) is -0.836. The molecule has 1 atom stereocenters. The summed E-state index contributed by atoms with van der Waals surface area (Å²) in [7, 11) is 0. The maximum atomic E-state index is 10.8. The molecule has 0 aromatic carbocycles. The zero-order valence-electron chi connectivity index (χ0n) is 8.62. The molecule has 13 heavy (non-hydrogen) atoms. The lowest BCUT2D eigenvalue weighted by Gasteiger charge is -2.08. The Morgan fingerprint density at radius 2 is 2.08 bits per heavy atom. The van der Waals surface area contributed by atoms with Gasteiger partial charge < -0.3 is 5.11 Å². The van der Waals surface area contributed by atoms with E-state index >= 15 is 0 Å². The molecule has 0 fully saturated rings. The third-order valence-corrected chi connectivity index (χ3v) is 2.08. The largest absolute Gasteiger partial charge is 0.481 e. The van der Waals surface area contributed by atoms with E-state index in [4.69, 9.17) is 5.11 Å². The third kappa shape index (κ3) is 6.38. The first-order chi connectivity index (χ1) is 6.22. The number of carbonyl (C=O) groups is 1. The molecule has 0 radical (unpaired) electrons. The van der Waals surface area contributed by atoms with Crippen molar-refractivity contribution in [1.29, 1.82) is 0 Å². The summed E-state index contributed by atoms with van der Waals surface area (Å²) in [6, 6.07) is 0. The maximum Gasteiger partial charge on any atom is 0.306 e. The molecule has 2 heteroatoms. The van der Waals surface area contributed by atoms with Gasteiger partial charge >= 0.3 is 5.97 Å². The van der Waals surface area contributed by atoms with Gasteiger partial charge in [0.05, 0.1) is 5.92 Å². The van der Waals surface area contributed by atoms with Gasteiger partial charge in [-0.1, -0.05) is 38.8 Å². The Bertz CT molecular complexity index is 161. The highest BCUT2D eigenvalue weighted by Crippen LogP contribution is 2.13. The second kappa shape index (κ2) is 7.84. The Balaban J connectivity index is 3.80. The van der Waals surface area contributed by atoms with E-state index in [1.807, 2.05) is 12.2 Å². The van der Waals surface area contributed by atoms with E-state index in [0.717, 1.165) is 25.7 Å². The van der Waals surface area contributed by atoms with Crippen LogP contribution in [0.2, 0.25) is 0 Å². The summed E-state index contributed by atoms with van der Waals surface area (Å²) < 4.78 is 0. The van der Waals surface area contributed by atoms with Crippen molar-refractivity contribution in [2.45, 2.75) is 46.0 Å². The van der Waals surface area contributed by atoms with E-state index < -0.39 is 5.97 Å². The molecule has 0 aliphatic heterocycles. The minimum atomic E-state index is -0.658. The van der Waals surface area contributed by atoms with Gasteiger partial charge in [-0.3, -0.25) is 4.79 Å². The minimum Gasteiger partial charge on any atom is -0.481 e. The van der Waals surface area contributed by atoms with Crippen LogP contribution >= 0.6 is 0 Å². The highest BCUT2D eigenvalue weighted by Gasteiger charge is 2.14. The molecule has 1 unspecified atom stereocenters. The molecule has 0 bridgehead atoms. The summed E-state index contributed by atoms with van der Waals surface area (Å²) in [5.41, 5.74) is 0. The fourth-order valence-corrected chi connectivity index (χ4v) is 1.22. The predicted octanol–water partition coefficient (Wildman–Crippen LogP) is 3.23. The minimum absolute atomic E-state index is 0.178. The molecule has 0 rings (SSSR count).